The summed E-state index contributed by atoms with van der Waals surface area (Å²) in [5.74, 6) is 1.92. The first kappa shape index (κ1) is 15.8. The van der Waals surface area contributed by atoms with Crippen molar-refractivity contribution in [3.63, 3.8) is 0 Å². The molecule has 0 amide bonds. The lowest BCUT2D eigenvalue weighted by molar-refractivity contribution is 0.227. The zero-order chi connectivity index (χ0) is 17.4. The van der Waals surface area contributed by atoms with Gasteiger partial charge in [-0.25, -0.2) is 4.68 Å². The standard InChI is InChI=1S/C17H21N7O/c1-12-5-6-24(21-12)17-4-3-16(19-20-17)23-9-14(11-25)15(10-23)13-7-18-22(2)8-13/h3-8,14-15,25H,9-11H2,1-2H3/t14-,15-/m0/s1. The Bertz CT molecular complexity index is 854. The van der Waals surface area contributed by atoms with Gasteiger partial charge in [0, 0.05) is 51.0 Å². The first-order chi connectivity index (χ1) is 12.1. The van der Waals surface area contributed by atoms with E-state index in [2.05, 4.69) is 25.3 Å². The second-order valence-corrected chi connectivity index (χ2v) is 6.55. The number of hydrogen-bond donors (Lipinski definition) is 1. The summed E-state index contributed by atoms with van der Waals surface area (Å²) in [6, 6.07) is 5.81. The number of aliphatic hydroxyl groups excluding tert-OH is 1. The van der Waals surface area contributed by atoms with Gasteiger partial charge in [0.15, 0.2) is 11.6 Å². The van der Waals surface area contributed by atoms with Crippen molar-refractivity contribution in [3.8, 4) is 5.82 Å². The molecule has 4 heterocycles. The molecule has 0 unspecified atom stereocenters. The van der Waals surface area contributed by atoms with E-state index in [1.165, 1.54) is 0 Å². The van der Waals surface area contributed by atoms with Gasteiger partial charge in [0.05, 0.1) is 11.9 Å². The van der Waals surface area contributed by atoms with Gasteiger partial charge in [-0.2, -0.15) is 10.2 Å². The third kappa shape index (κ3) is 3.00. The second kappa shape index (κ2) is 6.29. The topological polar surface area (TPSA) is 84.9 Å². The zero-order valence-electron chi connectivity index (χ0n) is 14.3. The van der Waals surface area contributed by atoms with E-state index in [-0.39, 0.29) is 18.4 Å². The van der Waals surface area contributed by atoms with Crippen molar-refractivity contribution in [1.29, 1.82) is 0 Å². The van der Waals surface area contributed by atoms with Gasteiger partial charge in [0.1, 0.15) is 0 Å². The van der Waals surface area contributed by atoms with Crippen molar-refractivity contribution in [1.82, 2.24) is 29.8 Å². The summed E-state index contributed by atoms with van der Waals surface area (Å²) >= 11 is 0. The highest BCUT2D eigenvalue weighted by Crippen LogP contribution is 2.34. The monoisotopic (exact) mass is 339 g/mol. The fourth-order valence-corrected chi connectivity index (χ4v) is 3.40. The Balaban J connectivity index is 1.54. The number of aliphatic hydroxyl groups is 1. The smallest absolute Gasteiger partial charge is 0.175 e. The molecule has 25 heavy (non-hydrogen) atoms. The number of aryl methyl sites for hydroxylation is 2. The molecular weight excluding hydrogens is 318 g/mol. The molecule has 1 saturated heterocycles. The van der Waals surface area contributed by atoms with E-state index < -0.39 is 0 Å². The van der Waals surface area contributed by atoms with Gasteiger partial charge in [0.25, 0.3) is 0 Å². The maximum absolute atomic E-state index is 9.76. The van der Waals surface area contributed by atoms with Crippen molar-refractivity contribution in [2.45, 2.75) is 12.8 Å². The molecule has 3 aromatic rings. The average molecular weight is 339 g/mol. The number of rotatable bonds is 4. The van der Waals surface area contributed by atoms with E-state index in [0.29, 0.717) is 5.82 Å². The minimum Gasteiger partial charge on any atom is -0.396 e. The van der Waals surface area contributed by atoms with Crippen molar-refractivity contribution in [3.05, 3.63) is 48.0 Å². The minimum absolute atomic E-state index is 0.147. The Hall–Kier alpha value is -2.74. The number of aromatic nitrogens is 6. The Morgan fingerprint density at radius 3 is 2.56 bits per heavy atom. The number of nitrogens with zero attached hydrogens (tertiary/aromatic N) is 7. The van der Waals surface area contributed by atoms with Gasteiger partial charge in [-0.05, 0) is 30.7 Å². The van der Waals surface area contributed by atoms with Crippen LogP contribution in [0.3, 0.4) is 0 Å². The molecule has 1 aliphatic rings. The van der Waals surface area contributed by atoms with Gasteiger partial charge in [0.2, 0.25) is 0 Å². The minimum atomic E-state index is 0.147. The Labute approximate surface area is 145 Å². The molecule has 4 rings (SSSR count). The van der Waals surface area contributed by atoms with Crippen molar-refractivity contribution >= 4 is 5.82 Å². The van der Waals surface area contributed by atoms with Gasteiger partial charge in [-0.1, -0.05) is 0 Å². The second-order valence-electron chi connectivity index (χ2n) is 6.55. The first-order valence-electron chi connectivity index (χ1n) is 8.35. The lowest BCUT2D eigenvalue weighted by Gasteiger charge is -2.16. The van der Waals surface area contributed by atoms with Crippen LogP contribution in [0.1, 0.15) is 17.2 Å². The van der Waals surface area contributed by atoms with E-state index in [0.717, 1.165) is 30.2 Å². The molecular formula is C17H21N7O. The van der Waals surface area contributed by atoms with E-state index in [9.17, 15) is 5.11 Å². The molecule has 3 aromatic heterocycles. The van der Waals surface area contributed by atoms with E-state index in [1.807, 2.05) is 50.8 Å². The zero-order valence-corrected chi connectivity index (χ0v) is 14.3. The van der Waals surface area contributed by atoms with Crippen molar-refractivity contribution < 1.29 is 5.11 Å². The van der Waals surface area contributed by atoms with Crippen LogP contribution >= 0.6 is 0 Å². The summed E-state index contributed by atoms with van der Waals surface area (Å²) in [7, 11) is 1.91. The largest absolute Gasteiger partial charge is 0.396 e. The van der Waals surface area contributed by atoms with Crippen LogP contribution in [0, 0.1) is 12.8 Å². The Morgan fingerprint density at radius 1 is 1.16 bits per heavy atom. The highest BCUT2D eigenvalue weighted by Gasteiger charge is 2.34. The Kier molecular flexibility index (Phi) is 3.96. The molecule has 2 atom stereocenters. The van der Waals surface area contributed by atoms with Gasteiger partial charge < -0.3 is 10.0 Å². The van der Waals surface area contributed by atoms with E-state index in [4.69, 9.17) is 0 Å². The van der Waals surface area contributed by atoms with E-state index >= 15 is 0 Å². The predicted molar refractivity (Wildman–Crippen MR) is 92.6 cm³/mol. The van der Waals surface area contributed by atoms with Crippen LogP contribution < -0.4 is 4.90 Å². The fraction of sp³-hybridized carbons (Fsp3) is 0.412. The van der Waals surface area contributed by atoms with Crippen LogP contribution in [0.4, 0.5) is 5.82 Å². The van der Waals surface area contributed by atoms with Crippen LogP contribution in [0.2, 0.25) is 0 Å². The molecule has 0 saturated carbocycles. The van der Waals surface area contributed by atoms with Crippen molar-refractivity contribution in [2.75, 3.05) is 24.6 Å². The van der Waals surface area contributed by atoms with Gasteiger partial charge >= 0.3 is 0 Å². The maximum Gasteiger partial charge on any atom is 0.175 e. The van der Waals surface area contributed by atoms with Crippen LogP contribution in [0.5, 0.6) is 0 Å². The van der Waals surface area contributed by atoms with Crippen molar-refractivity contribution in [2.24, 2.45) is 13.0 Å². The summed E-state index contributed by atoms with van der Waals surface area (Å²) in [4.78, 5) is 2.17. The molecule has 8 nitrogen and oxygen atoms in total. The third-order valence-electron chi connectivity index (χ3n) is 4.75. The quantitative estimate of drug-likeness (QED) is 0.761. The molecule has 0 radical (unpaired) electrons. The lowest BCUT2D eigenvalue weighted by atomic mass is 9.92. The summed E-state index contributed by atoms with van der Waals surface area (Å²) in [5, 5.41) is 27.0. The molecule has 0 aromatic carbocycles. The maximum atomic E-state index is 9.76. The van der Waals surface area contributed by atoms with Crippen LogP contribution in [-0.2, 0) is 7.05 Å². The highest BCUT2D eigenvalue weighted by molar-refractivity contribution is 5.43. The summed E-state index contributed by atoms with van der Waals surface area (Å²) in [6.07, 6.45) is 5.77. The summed E-state index contributed by atoms with van der Waals surface area (Å²) in [5.41, 5.74) is 2.09. The molecule has 1 fully saturated rings. The summed E-state index contributed by atoms with van der Waals surface area (Å²) in [6.45, 7) is 3.64. The van der Waals surface area contributed by atoms with Crippen LogP contribution in [-0.4, -0.2) is 54.6 Å². The Morgan fingerprint density at radius 2 is 1.96 bits per heavy atom. The lowest BCUT2D eigenvalue weighted by Crippen LogP contribution is -2.22. The molecule has 0 spiro atoms. The molecule has 8 heteroatoms. The SMILES string of the molecule is Cc1ccn(-c2ccc(N3C[C@@H](CO)[C@H](c4cnn(C)c4)C3)nn2)n1. The molecule has 130 valence electrons. The molecule has 1 N–H and O–H groups in total. The van der Waals surface area contributed by atoms with Crippen LogP contribution in [0.15, 0.2) is 36.8 Å². The molecule has 1 aliphatic heterocycles. The molecule has 0 aliphatic carbocycles. The first-order valence-corrected chi connectivity index (χ1v) is 8.35. The van der Waals surface area contributed by atoms with Gasteiger partial charge in [-0.3, -0.25) is 4.68 Å². The fourth-order valence-electron chi connectivity index (χ4n) is 3.40. The normalized spacial score (nSPS) is 20.4. The highest BCUT2D eigenvalue weighted by atomic mass is 16.3. The third-order valence-corrected chi connectivity index (χ3v) is 4.75. The number of anilines is 1. The van der Waals surface area contributed by atoms with Crippen LogP contribution in [0.25, 0.3) is 5.82 Å². The van der Waals surface area contributed by atoms with E-state index in [1.54, 1.807) is 9.36 Å². The van der Waals surface area contributed by atoms with Gasteiger partial charge in [-0.15, -0.1) is 10.2 Å². The average Bonchev–Trinajstić information content (AvgIpc) is 3.34. The number of hydrogen-bond acceptors (Lipinski definition) is 6. The predicted octanol–water partition coefficient (Wildman–Crippen LogP) is 0.917. The summed E-state index contributed by atoms with van der Waals surface area (Å²) < 4.78 is 3.51. The molecule has 0 bridgehead atoms.